The number of nitrogens with two attached hydrogens (primary N) is 1. The molecule has 1 amide bonds. The van der Waals surface area contributed by atoms with E-state index in [-0.39, 0.29) is 11.4 Å². The highest BCUT2D eigenvalue weighted by Gasteiger charge is 2.20. The molecule has 0 aliphatic carbocycles. The van der Waals surface area contributed by atoms with Crippen molar-refractivity contribution in [2.24, 2.45) is 0 Å². The molecule has 0 saturated carbocycles. The van der Waals surface area contributed by atoms with Crippen molar-refractivity contribution in [2.45, 2.75) is 11.8 Å². The van der Waals surface area contributed by atoms with Crippen LogP contribution < -0.4 is 11.1 Å². The van der Waals surface area contributed by atoms with E-state index in [0.29, 0.717) is 0 Å². The Morgan fingerprint density at radius 3 is 2.44 bits per heavy atom. The number of hydrogen-bond acceptors (Lipinski definition) is 5. The minimum Gasteiger partial charge on any atom is -0.506 e. The molecule has 0 saturated heterocycles. The quantitative estimate of drug-likeness (QED) is 0.334. The Morgan fingerprint density at radius 2 is 2.00 bits per heavy atom. The van der Waals surface area contributed by atoms with E-state index in [9.17, 15) is 18.3 Å². The molecule has 0 bridgehead atoms. The molecule has 1 rings (SSSR count). The number of phenols is 1. The SMILES string of the molecule is CC(=O)Nc1c(S(=O)(=O)O)ccc(O)c1N. The maximum atomic E-state index is 11.0. The zero-order chi connectivity index (χ0) is 12.5. The Balaban J connectivity index is 3.51. The van der Waals surface area contributed by atoms with Gasteiger partial charge in [-0.05, 0) is 12.1 Å². The van der Waals surface area contributed by atoms with E-state index in [2.05, 4.69) is 5.32 Å². The van der Waals surface area contributed by atoms with Gasteiger partial charge >= 0.3 is 0 Å². The number of anilines is 2. The van der Waals surface area contributed by atoms with Gasteiger partial charge in [0.05, 0.1) is 11.4 Å². The van der Waals surface area contributed by atoms with Crippen molar-refractivity contribution < 1.29 is 22.9 Å². The fourth-order valence-electron chi connectivity index (χ4n) is 1.11. The van der Waals surface area contributed by atoms with Crippen molar-refractivity contribution in [3.8, 4) is 5.75 Å². The Morgan fingerprint density at radius 1 is 1.44 bits per heavy atom. The van der Waals surface area contributed by atoms with Crippen LogP contribution in [0, 0.1) is 0 Å². The fourth-order valence-corrected chi connectivity index (χ4v) is 1.77. The molecule has 88 valence electrons. The largest absolute Gasteiger partial charge is 0.506 e. The van der Waals surface area contributed by atoms with Gasteiger partial charge in [-0.3, -0.25) is 9.35 Å². The first-order valence-corrected chi connectivity index (χ1v) is 5.54. The number of phenolic OH excluding ortho intramolecular Hbond substituents is 1. The summed E-state index contributed by atoms with van der Waals surface area (Å²) in [6.07, 6.45) is 0. The smallest absolute Gasteiger partial charge is 0.296 e. The molecule has 0 fully saturated rings. The van der Waals surface area contributed by atoms with Crippen LogP contribution in [0.2, 0.25) is 0 Å². The van der Waals surface area contributed by atoms with Gasteiger partial charge in [-0.25, -0.2) is 0 Å². The number of carbonyl (C=O) groups excluding carboxylic acids is 1. The normalized spacial score (nSPS) is 11.1. The third kappa shape index (κ3) is 2.41. The van der Waals surface area contributed by atoms with E-state index in [1.807, 2.05) is 0 Å². The van der Waals surface area contributed by atoms with Crippen molar-refractivity contribution >= 4 is 27.4 Å². The average Bonchev–Trinajstić information content (AvgIpc) is 2.10. The van der Waals surface area contributed by atoms with E-state index in [4.69, 9.17) is 10.3 Å². The lowest BCUT2D eigenvalue weighted by Gasteiger charge is -2.11. The molecule has 1 aromatic carbocycles. The summed E-state index contributed by atoms with van der Waals surface area (Å²) < 4.78 is 30.8. The van der Waals surface area contributed by atoms with Crippen LogP contribution >= 0.6 is 0 Å². The second-order valence-electron chi connectivity index (χ2n) is 3.03. The van der Waals surface area contributed by atoms with Crippen molar-refractivity contribution in [3.05, 3.63) is 12.1 Å². The topological polar surface area (TPSA) is 130 Å². The molecular formula is C8H10N2O5S. The summed E-state index contributed by atoms with van der Waals surface area (Å²) in [7, 11) is -4.52. The van der Waals surface area contributed by atoms with Gasteiger partial charge in [0.2, 0.25) is 5.91 Å². The average molecular weight is 246 g/mol. The molecular weight excluding hydrogens is 236 g/mol. The van der Waals surface area contributed by atoms with Crippen LogP contribution in [-0.2, 0) is 14.9 Å². The van der Waals surface area contributed by atoms with Gasteiger partial charge in [0.15, 0.2) is 0 Å². The summed E-state index contributed by atoms with van der Waals surface area (Å²) in [6.45, 7) is 1.14. The number of hydrogen-bond donors (Lipinski definition) is 4. The molecule has 0 atom stereocenters. The summed E-state index contributed by atoms with van der Waals surface area (Å²) in [5.41, 5.74) is 4.72. The first kappa shape index (κ1) is 12.3. The number of aromatic hydroxyl groups is 1. The van der Waals surface area contributed by atoms with Gasteiger partial charge in [-0.15, -0.1) is 0 Å². The molecule has 8 heteroatoms. The second kappa shape index (κ2) is 3.99. The van der Waals surface area contributed by atoms with Crippen molar-refractivity contribution in [1.29, 1.82) is 0 Å². The number of amides is 1. The minimum atomic E-state index is -4.52. The van der Waals surface area contributed by atoms with E-state index in [1.165, 1.54) is 0 Å². The minimum absolute atomic E-state index is 0.328. The zero-order valence-corrected chi connectivity index (χ0v) is 9.08. The van der Waals surface area contributed by atoms with Gasteiger partial charge in [0.25, 0.3) is 10.1 Å². The monoisotopic (exact) mass is 246 g/mol. The first-order valence-electron chi connectivity index (χ1n) is 4.10. The number of nitrogen functional groups attached to an aromatic ring is 1. The molecule has 0 aliphatic rings. The van der Waals surface area contributed by atoms with Gasteiger partial charge in [0.1, 0.15) is 10.6 Å². The maximum absolute atomic E-state index is 11.0. The summed E-state index contributed by atoms with van der Waals surface area (Å²) in [5.74, 6) is -0.974. The zero-order valence-electron chi connectivity index (χ0n) is 8.26. The predicted molar refractivity (Wildman–Crippen MR) is 56.6 cm³/mol. The third-order valence-electron chi connectivity index (χ3n) is 1.76. The molecule has 0 unspecified atom stereocenters. The Labute approximate surface area is 91.6 Å². The third-order valence-corrected chi connectivity index (χ3v) is 2.66. The molecule has 7 nitrogen and oxygen atoms in total. The Hall–Kier alpha value is -1.80. The number of rotatable bonds is 2. The molecule has 0 aliphatic heterocycles. The summed E-state index contributed by atoms with van der Waals surface area (Å²) in [4.78, 5) is 10.3. The van der Waals surface area contributed by atoms with Crippen LogP contribution in [0.15, 0.2) is 17.0 Å². The maximum Gasteiger partial charge on any atom is 0.296 e. The van der Waals surface area contributed by atoms with E-state index in [0.717, 1.165) is 19.1 Å². The molecule has 0 heterocycles. The first-order chi connectivity index (χ1) is 7.23. The van der Waals surface area contributed by atoms with Crippen molar-refractivity contribution in [3.63, 3.8) is 0 Å². The number of carbonyl (C=O) groups is 1. The highest BCUT2D eigenvalue weighted by Crippen LogP contribution is 2.34. The van der Waals surface area contributed by atoms with Gasteiger partial charge in [-0.2, -0.15) is 8.42 Å². The number of benzene rings is 1. The highest BCUT2D eigenvalue weighted by molar-refractivity contribution is 7.86. The van der Waals surface area contributed by atoms with Gasteiger partial charge in [0, 0.05) is 6.92 Å². The lowest BCUT2D eigenvalue weighted by Crippen LogP contribution is -2.13. The van der Waals surface area contributed by atoms with Crippen LogP contribution in [0.3, 0.4) is 0 Å². The molecule has 5 N–H and O–H groups in total. The highest BCUT2D eigenvalue weighted by atomic mass is 32.2. The molecule has 0 aromatic heterocycles. The Kier molecular flexibility index (Phi) is 3.06. The number of nitrogens with one attached hydrogen (secondary N) is 1. The molecule has 16 heavy (non-hydrogen) atoms. The summed E-state index contributed by atoms with van der Waals surface area (Å²) in [6, 6.07) is 1.94. The molecule has 0 radical (unpaired) electrons. The Bertz CT molecular complexity index is 538. The second-order valence-corrected chi connectivity index (χ2v) is 4.42. The van der Waals surface area contributed by atoms with Crippen molar-refractivity contribution in [2.75, 3.05) is 11.1 Å². The van der Waals surface area contributed by atoms with Crippen LogP contribution in [0.1, 0.15) is 6.92 Å². The van der Waals surface area contributed by atoms with Gasteiger partial charge < -0.3 is 16.2 Å². The van der Waals surface area contributed by atoms with E-state index in [1.54, 1.807) is 0 Å². The summed E-state index contributed by atoms with van der Waals surface area (Å²) in [5, 5.41) is 11.4. The molecule has 1 aromatic rings. The summed E-state index contributed by atoms with van der Waals surface area (Å²) >= 11 is 0. The fraction of sp³-hybridized carbons (Fsp3) is 0.125. The lowest BCUT2D eigenvalue weighted by atomic mass is 10.2. The predicted octanol–water partition coefficient (Wildman–Crippen LogP) is 0.179. The van der Waals surface area contributed by atoms with Crippen LogP contribution in [0.25, 0.3) is 0 Å². The van der Waals surface area contributed by atoms with Gasteiger partial charge in [-0.1, -0.05) is 0 Å². The van der Waals surface area contributed by atoms with Crippen LogP contribution in [0.4, 0.5) is 11.4 Å². The van der Waals surface area contributed by atoms with E-state index >= 15 is 0 Å². The molecule has 0 spiro atoms. The van der Waals surface area contributed by atoms with Crippen LogP contribution in [-0.4, -0.2) is 24.0 Å². The van der Waals surface area contributed by atoms with Crippen molar-refractivity contribution in [1.82, 2.24) is 0 Å². The van der Waals surface area contributed by atoms with Crippen LogP contribution in [0.5, 0.6) is 5.75 Å². The standard InChI is InChI=1S/C8H10N2O5S/c1-4(11)10-8-6(16(13,14)15)3-2-5(12)7(8)9/h2-3,12H,9H2,1H3,(H,10,11)(H,13,14,15). The lowest BCUT2D eigenvalue weighted by molar-refractivity contribution is -0.114. The van der Waals surface area contributed by atoms with E-state index < -0.39 is 26.7 Å².